The highest BCUT2D eigenvalue weighted by atomic mass is 35.7. The maximum Gasteiger partial charge on any atom is 0.265 e. The zero-order valence-electron chi connectivity index (χ0n) is 11.1. The molecule has 1 N–H and O–H groups in total. The number of carbonyl (C=O) groups excluding carboxylic acids is 1. The molecule has 0 aromatic heterocycles. The number of carbonyl (C=O) groups is 1. The van der Waals surface area contributed by atoms with Gasteiger partial charge in [-0.25, -0.2) is 8.42 Å². The van der Waals surface area contributed by atoms with Crippen LogP contribution >= 0.6 is 10.7 Å². The number of amides is 1. The maximum atomic E-state index is 12.0. The van der Waals surface area contributed by atoms with Crippen LogP contribution in [0.4, 0.5) is 0 Å². The lowest BCUT2D eigenvalue weighted by molar-refractivity contribution is 0.0939. The summed E-state index contributed by atoms with van der Waals surface area (Å²) >= 11 is 0. The predicted molar refractivity (Wildman–Crippen MR) is 75.7 cm³/mol. The molecule has 0 heterocycles. The van der Waals surface area contributed by atoms with E-state index in [1.54, 1.807) is 0 Å². The quantitative estimate of drug-likeness (QED) is 0.845. The van der Waals surface area contributed by atoms with Crippen LogP contribution in [0.5, 0.6) is 5.75 Å². The van der Waals surface area contributed by atoms with Crippen LogP contribution < -0.4 is 10.1 Å². The Morgan fingerprint density at radius 2 is 2.15 bits per heavy atom. The standard InChI is InChI=1S/C13H16ClNO4S/c1-19-11-6-5-10(7-12(11)20(14,17)18)13(16)15-8-9-3-2-4-9/h5-7,9H,2-4,8H2,1H3,(H,15,16). The van der Waals surface area contributed by atoms with Gasteiger partial charge in [-0.2, -0.15) is 0 Å². The van der Waals surface area contributed by atoms with E-state index in [1.165, 1.54) is 31.7 Å². The maximum absolute atomic E-state index is 12.0. The molecule has 0 spiro atoms. The number of rotatable bonds is 5. The first-order valence-corrected chi connectivity index (χ1v) is 8.63. The summed E-state index contributed by atoms with van der Waals surface area (Å²) in [4.78, 5) is 11.8. The minimum absolute atomic E-state index is 0.121. The van der Waals surface area contributed by atoms with E-state index in [4.69, 9.17) is 15.4 Å². The van der Waals surface area contributed by atoms with E-state index in [1.807, 2.05) is 0 Å². The van der Waals surface area contributed by atoms with Crippen LogP contribution in [0.1, 0.15) is 29.6 Å². The van der Waals surface area contributed by atoms with Gasteiger partial charge in [-0.05, 0) is 37.0 Å². The lowest BCUT2D eigenvalue weighted by Crippen LogP contribution is -2.32. The average molecular weight is 318 g/mol. The van der Waals surface area contributed by atoms with Crippen LogP contribution in [-0.4, -0.2) is 28.0 Å². The molecule has 1 aliphatic carbocycles. The van der Waals surface area contributed by atoms with E-state index in [2.05, 4.69) is 5.32 Å². The molecule has 1 saturated carbocycles. The zero-order chi connectivity index (χ0) is 14.8. The molecule has 0 atom stereocenters. The summed E-state index contributed by atoms with van der Waals surface area (Å²) in [5.74, 6) is 0.352. The molecular weight excluding hydrogens is 302 g/mol. The van der Waals surface area contributed by atoms with Gasteiger partial charge in [0.25, 0.3) is 15.0 Å². The fourth-order valence-corrected chi connectivity index (χ4v) is 3.07. The Balaban J connectivity index is 2.17. The molecule has 0 unspecified atom stereocenters. The fraction of sp³-hybridized carbons (Fsp3) is 0.462. The molecule has 2 rings (SSSR count). The monoisotopic (exact) mass is 317 g/mol. The van der Waals surface area contributed by atoms with Crippen molar-refractivity contribution in [2.45, 2.75) is 24.2 Å². The van der Waals surface area contributed by atoms with Crippen LogP contribution in [0.2, 0.25) is 0 Å². The highest BCUT2D eigenvalue weighted by Gasteiger charge is 2.21. The van der Waals surface area contributed by atoms with Crippen molar-refractivity contribution >= 4 is 25.6 Å². The Kier molecular flexibility index (Phi) is 4.55. The number of ether oxygens (including phenoxy) is 1. The Labute approximate surface area is 122 Å². The second kappa shape index (κ2) is 6.01. The Morgan fingerprint density at radius 1 is 1.45 bits per heavy atom. The highest BCUT2D eigenvalue weighted by molar-refractivity contribution is 8.13. The molecule has 0 radical (unpaired) electrons. The van der Waals surface area contributed by atoms with Crippen molar-refractivity contribution in [3.63, 3.8) is 0 Å². The van der Waals surface area contributed by atoms with Crippen LogP contribution in [0.25, 0.3) is 0 Å². The molecule has 1 aromatic carbocycles. The SMILES string of the molecule is COc1ccc(C(=O)NCC2CCC2)cc1S(=O)(=O)Cl. The smallest absolute Gasteiger partial charge is 0.265 e. The van der Waals surface area contributed by atoms with E-state index in [9.17, 15) is 13.2 Å². The number of hydrogen-bond donors (Lipinski definition) is 1. The van der Waals surface area contributed by atoms with E-state index < -0.39 is 9.05 Å². The van der Waals surface area contributed by atoms with Crippen molar-refractivity contribution in [2.75, 3.05) is 13.7 Å². The largest absolute Gasteiger partial charge is 0.495 e. The molecule has 1 amide bonds. The lowest BCUT2D eigenvalue weighted by Gasteiger charge is -2.25. The van der Waals surface area contributed by atoms with Gasteiger partial charge < -0.3 is 10.1 Å². The number of halogens is 1. The third-order valence-electron chi connectivity index (χ3n) is 3.46. The first-order valence-electron chi connectivity index (χ1n) is 6.32. The van der Waals surface area contributed by atoms with Crippen molar-refractivity contribution < 1.29 is 17.9 Å². The van der Waals surface area contributed by atoms with Gasteiger partial charge in [0.05, 0.1) is 7.11 Å². The minimum Gasteiger partial charge on any atom is -0.495 e. The summed E-state index contributed by atoms with van der Waals surface area (Å²) in [6.45, 7) is 0.619. The van der Waals surface area contributed by atoms with E-state index in [0.717, 1.165) is 12.8 Å². The normalized spacial score (nSPS) is 15.5. The van der Waals surface area contributed by atoms with Crippen molar-refractivity contribution in [2.24, 2.45) is 5.92 Å². The first-order chi connectivity index (χ1) is 9.41. The Morgan fingerprint density at radius 3 is 2.65 bits per heavy atom. The van der Waals surface area contributed by atoms with E-state index in [0.29, 0.717) is 12.5 Å². The number of hydrogen-bond acceptors (Lipinski definition) is 4. The third-order valence-corrected chi connectivity index (χ3v) is 4.81. The minimum atomic E-state index is -3.96. The molecule has 1 fully saturated rings. The van der Waals surface area contributed by atoms with Gasteiger partial charge in [-0.15, -0.1) is 0 Å². The van der Waals surface area contributed by atoms with Crippen molar-refractivity contribution in [1.82, 2.24) is 5.32 Å². The van der Waals surface area contributed by atoms with Crippen molar-refractivity contribution in [1.29, 1.82) is 0 Å². The predicted octanol–water partition coefficient (Wildman–Crippen LogP) is 2.15. The molecule has 7 heteroatoms. The van der Waals surface area contributed by atoms with Crippen LogP contribution in [-0.2, 0) is 9.05 Å². The fourth-order valence-electron chi connectivity index (χ4n) is 2.04. The van der Waals surface area contributed by atoms with Gasteiger partial charge in [-0.3, -0.25) is 4.79 Å². The molecular formula is C13H16ClNO4S. The summed E-state index contributed by atoms with van der Waals surface area (Å²) in [5, 5.41) is 2.80. The van der Waals surface area contributed by atoms with Gasteiger partial charge in [0.2, 0.25) is 0 Å². The summed E-state index contributed by atoms with van der Waals surface area (Å²) in [6, 6.07) is 4.17. The molecule has 5 nitrogen and oxygen atoms in total. The van der Waals surface area contributed by atoms with E-state index >= 15 is 0 Å². The summed E-state index contributed by atoms with van der Waals surface area (Å²) in [5.41, 5.74) is 0.254. The van der Waals surface area contributed by atoms with Crippen LogP contribution in [0.3, 0.4) is 0 Å². The molecule has 0 bridgehead atoms. The Hall–Kier alpha value is -1.27. The van der Waals surface area contributed by atoms with Crippen LogP contribution in [0, 0.1) is 5.92 Å². The van der Waals surface area contributed by atoms with Crippen molar-refractivity contribution in [3.05, 3.63) is 23.8 Å². The third kappa shape index (κ3) is 3.43. The summed E-state index contributed by atoms with van der Waals surface area (Å²) < 4.78 is 27.9. The highest BCUT2D eigenvalue weighted by Crippen LogP contribution is 2.28. The van der Waals surface area contributed by atoms with Crippen molar-refractivity contribution in [3.8, 4) is 5.75 Å². The summed E-state index contributed by atoms with van der Waals surface area (Å²) in [7, 11) is 2.72. The Bertz CT molecular complexity index is 611. The zero-order valence-corrected chi connectivity index (χ0v) is 12.6. The van der Waals surface area contributed by atoms with Gasteiger partial charge in [0.15, 0.2) is 0 Å². The topological polar surface area (TPSA) is 72.5 Å². The van der Waals surface area contributed by atoms with Crippen LogP contribution in [0.15, 0.2) is 23.1 Å². The van der Waals surface area contributed by atoms with Gasteiger partial charge in [0.1, 0.15) is 10.6 Å². The van der Waals surface area contributed by atoms with Gasteiger partial charge in [-0.1, -0.05) is 6.42 Å². The van der Waals surface area contributed by atoms with Gasteiger partial charge >= 0.3 is 0 Å². The molecule has 110 valence electrons. The first kappa shape index (κ1) is 15.1. The van der Waals surface area contributed by atoms with Gasteiger partial charge in [0, 0.05) is 22.8 Å². The second-order valence-corrected chi connectivity index (χ2v) is 7.34. The molecule has 0 aliphatic heterocycles. The molecule has 1 aromatic rings. The molecule has 0 saturated heterocycles. The average Bonchev–Trinajstić information content (AvgIpc) is 2.35. The summed E-state index contributed by atoms with van der Waals surface area (Å²) in [6.07, 6.45) is 3.46. The number of nitrogens with one attached hydrogen (secondary N) is 1. The number of methoxy groups -OCH3 is 1. The van der Waals surface area contributed by atoms with E-state index in [-0.39, 0.29) is 22.1 Å². The number of benzene rings is 1. The lowest BCUT2D eigenvalue weighted by atomic mass is 9.85. The second-order valence-electron chi connectivity index (χ2n) is 4.81. The molecule has 1 aliphatic rings. The molecule has 20 heavy (non-hydrogen) atoms.